The van der Waals surface area contributed by atoms with Gasteiger partial charge in [0.2, 0.25) is 0 Å². The zero-order valence-corrected chi connectivity index (χ0v) is 11.2. The standard InChI is InChI=1S/C8H5Cl2N3O2S2/c9-5-2-1-3-11-7(5)13-17(14,15)6-4-12-8(10)16-6/h1-4H,(H,11,13). The van der Waals surface area contributed by atoms with E-state index in [2.05, 4.69) is 14.7 Å². The van der Waals surface area contributed by atoms with Gasteiger partial charge in [0.25, 0.3) is 10.0 Å². The molecule has 0 aliphatic heterocycles. The first kappa shape index (κ1) is 12.6. The van der Waals surface area contributed by atoms with Gasteiger partial charge < -0.3 is 0 Å². The molecule has 90 valence electrons. The number of sulfonamides is 1. The first-order valence-corrected chi connectivity index (χ1v) is 7.29. The van der Waals surface area contributed by atoms with Crippen LogP contribution >= 0.6 is 34.5 Å². The Labute approximate surface area is 111 Å². The van der Waals surface area contributed by atoms with Gasteiger partial charge in [0.15, 0.2) is 14.5 Å². The molecule has 0 bridgehead atoms. The first-order chi connectivity index (χ1) is 7.99. The second-order valence-electron chi connectivity index (χ2n) is 2.87. The molecule has 0 spiro atoms. The predicted octanol–water partition coefficient (Wildman–Crippen LogP) is 2.65. The summed E-state index contributed by atoms with van der Waals surface area (Å²) in [5.74, 6) is 0.0682. The highest BCUT2D eigenvalue weighted by atomic mass is 35.5. The van der Waals surface area contributed by atoms with Crippen molar-refractivity contribution in [2.45, 2.75) is 4.21 Å². The molecule has 0 saturated heterocycles. The molecule has 2 aromatic rings. The smallest absolute Gasteiger partial charge is 0.261 e. The van der Waals surface area contributed by atoms with Crippen molar-refractivity contribution in [3.63, 3.8) is 0 Å². The van der Waals surface area contributed by atoms with Crippen LogP contribution in [0.4, 0.5) is 5.82 Å². The van der Waals surface area contributed by atoms with Crippen LogP contribution in [0.25, 0.3) is 0 Å². The molecule has 2 aromatic heterocycles. The monoisotopic (exact) mass is 309 g/mol. The van der Waals surface area contributed by atoms with Crippen molar-refractivity contribution in [2.24, 2.45) is 0 Å². The highest BCUT2D eigenvalue weighted by molar-refractivity contribution is 7.94. The summed E-state index contributed by atoms with van der Waals surface area (Å²) >= 11 is 12.2. The summed E-state index contributed by atoms with van der Waals surface area (Å²) in [7, 11) is -3.74. The summed E-state index contributed by atoms with van der Waals surface area (Å²) in [5.41, 5.74) is 0. The number of halogens is 2. The molecule has 0 atom stereocenters. The molecule has 2 rings (SSSR count). The van der Waals surface area contributed by atoms with Crippen LogP contribution < -0.4 is 4.72 Å². The summed E-state index contributed by atoms with van der Waals surface area (Å²) in [6, 6.07) is 3.13. The number of anilines is 1. The fraction of sp³-hybridized carbons (Fsp3) is 0. The van der Waals surface area contributed by atoms with E-state index < -0.39 is 10.0 Å². The molecular weight excluding hydrogens is 305 g/mol. The van der Waals surface area contributed by atoms with Gasteiger partial charge in [0.05, 0.1) is 11.2 Å². The van der Waals surface area contributed by atoms with Gasteiger partial charge in [-0.15, -0.1) is 0 Å². The minimum Gasteiger partial charge on any atom is -0.261 e. The van der Waals surface area contributed by atoms with Crippen molar-refractivity contribution in [2.75, 3.05) is 4.72 Å². The van der Waals surface area contributed by atoms with Crippen LogP contribution in [0.15, 0.2) is 28.7 Å². The van der Waals surface area contributed by atoms with Gasteiger partial charge >= 0.3 is 0 Å². The van der Waals surface area contributed by atoms with Gasteiger partial charge in [-0.05, 0) is 12.1 Å². The lowest BCUT2D eigenvalue weighted by Gasteiger charge is -2.05. The normalized spacial score (nSPS) is 11.4. The van der Waals surface area contributed by atoms with E-state index in [9.17, 15) is 8.42 Å². The molecule has 0 saturated carbocycles. The highest BCUT2D eigenvalue weighted by Crippen LogP contribution is 2.26. The van der Waals surface area contributed by atoms with Crippen LogP contribution in [0.3, 0.4) is 0 Å². The maximum absolute atomic E-state index is 11.9. The number of rotatable bonds is 3. The molecule has 0 amide bonds. The third-order valence-corrected chi connectivity index (χ3v) is 4.93. The molecule has 2 heterocycles. The second kappa shape index (κ2) is 4.77. The summed E-state index contributed by atoms with van der Waals surface area (Å²) in [5, 5.41) is 0.215. The fourth-order valence-electron chi connectivity index (χ4n) is 1.00. The van der Waals surface area contributed by atoms with Crippen molar-refractivity contribution in [1.82, 2.24) is 9.97 Å². The van der Waals surface area contributed by atoms with Crippen LogP contribution in [0.5, 0.6) is 0 Å². The molecule has 5 nitrogen and oxygen atoms in total. The molecule has 17 heavy (non-hydrogen) atoms. The van der Waals surface area contributed by atoms with E-state index in [-0.39, 0.29) is 19.5 Å². The zero-order chi connectivity index (χ0) is 12.5. The van der Waals surface area contributed by atoms with Gasteiger partial charge in [-0.2, -0.15) is 0 Å². The van der Waals surface area contributed by atoms with E-state index in [0.717, 1.165) is 11.3 Å². The van der Waals surface area contributed by atoms with E-state index in [0.29, 0.717) is 0 Å². The Hall–Kier alpha value is -0.890. The van der Waals surface area contributed by atoms with E-state index in [1.165, 1.54) is 18.5 Å². The summed E-state index contributed by atoms with van der Waals surface area (Å²) in [6.45, 7) is 0. The molecular formula is C8H5Cl2N3O2S2. The average Bonchev–Trinajstić information content (AvgIpc) is 2.69. The third kappa shape index (κ3) is 2.86. The van der Waals surface area contributed by atoms with E-state index in [1.807, 2.05) is 0 Å². The summed E-state index contributed by atoms with van der Waals surface area (Å²) in [4.78, 5) is 7.48. The Morgan fingerprint density at radius 1 is 1.29 bits per heavy atom. The molecule has 1 N–H and O–H groups in total. The highest BCUT2D eigenvalue weighted by Gasteiger charge is 2.19. The Bertz CT molecular complexity index is 642. The van der Waals surface area contributed by atoms with Crippen molar-refractivity contribution < 1.29 is 8.42 Å². The number of nitrogens with one attached hydrogen (secondary N) is 1. The van der Waals surface area contributed by atoms with Gasteiger partial charge in [-0.25, -0.2) is 18.4 Å². The lowest BCUT2D eigenvalue weighted by Crippen LogP contribution is -2.12. The maximum atomic E-state index is 11.9. The van der Waals surface area contributed by atoms with Gasteiger partial charge in [-0.3, -0.25) is 4.72 Å². The topological polar surface area (TPSA) is 72.0 Å². The number of nitrogens with zero attached hydrogens (tertiary/aromatic N) is 2. The van der Waals surface area contributed by atoms with E-state index in [4.69, 9.17) is 23.2 Å². The third-order valence-electron chi connectivity index (χ3n) is 1.71. The van der Waals surface area contributed by atoms with E-state index in [1.54, 1.807) is 6.07 Å². The summed E-state index contributed by atoms with van der Waals surface area (Å²) in [6.07, 6.45) is 2.61. The zero-order valence-electron chi connectivity index (χ0n) is 8.09. The Kier molecular flexibility index (Phi) is 3.53. The Morgan fingerprint density at radius 3 is 2.65 bits per heavy atom. The Balaban J connectivity index is 2.33. The number of aromatic nitrogens is 2. The van der Waals surface area contributed by atoms with Crippen molar-refractivity contribution in [3.8, 4) is 0 Å². The molecule has 0 radical (unpaired) electrons. The van der Waals surface area contributed by atoms with Crippen LogP contribution in [0, 0.1) is 0 Å². The SMILES string of the molecule is O=S(=O)(Nc1ncccc1Cl)c1cnc(Cl)s1. The largest absolute Gasteiger partial charge is 0.274 e. The first-order valence-electron chi connectivity index (χ1n) is 4.24. The van der Waals surface area contributed by atoms with Crippen LogP contribution in [0.1, 0.15) is 0 Å². The maximum Gasteiger partial charge on any atom is 0.274 e. The quantitative estimate of drug-likeness (QED) is 0.946. The molecule has 0 aliphatic rings. The number of hydrogen-bond donors (Lipinski definition) is 1. The van der Waals surface area contributed by atoms with Crippen molar-refractivity contribution >= 4 is 50.4 Å². The summed E-state index contributed by atoms with van der Waals surface area (Å²) < 4.78 is 26.1. The number of thiazole rings is 1. The average molecular weight is 310 g/mol. The molecule has 0 aromatic carbocycles. The van der Waals surface area contributed by atoms with Crippen LogP contribution in [-0.2, 0) is 10.0 Å². The number of hydrogen-bond acceptors (Lipinski definition) is 5. The van der Waals surface area contributed by atoms with Gasteiger partial charge in [0, 0.05) is 6.20 Å². The van der Waals surface area contributed by atoms with Crippen molar-refractivity contribution in [3.05, 3.63) is 34.0 Å². The lowest BCUT2D eigenvalue weighted by atomic mass is 10.5. The minimum atomic E-state index is -3.74. The molecule has 0 aliphatic carbocycles. The van der Waals surface area contributed by atoms with Crippen LogP contribution in [0.2, 0.25) is 9.49 Å². The van der Waals surface area contributed by atoms with Gasteiger partial charge in [0.1, 0.15) is 0 Å². The lowest BCUT2D eigenvalue weighted by molar-refractivity contribution is 0.603. The van der Waals surface area contributed by atoms with Crippen molar-refractivity contribution in [1.29, 1.82) is 0 Å². The molecule has 0 fully saturated rings. The number of pyridine rings is 1. The van der Waals surface area contributed by atoms with E-state index >= 15 is 0 Å². The predicted molar refractivity (Wildman–Crippen MR) is 67.2 cm³/mol. The minimum absolute atomic E-state index is 0.00391. The fourth-order valence-corrected chi connectivity index (χ4v) is 3.55. The van der Waals surface area contributed by atoms with Gasteiger partial charge in [-0.1, -0.05) is 34.5 Å². The second-order valence-corrected chi connectivity index (χ2v) is 6.80. The Morgan fingerprint density at radius 2 is 2.06 bits per heavy atom. The molecule has 0 unspecified atom stereocenters. The molecule has 9 heteroatoms. The van der Waals surface area contributed by atoms with Crippen LogP contribution in [-0.4, -0.2) is 18.4 Å².